The number of nitrogens with zero attached hydrogens (tertiary/aromatic N) is 4. The third-order valence-corrected chi connectivity index (χ3v) is 3.95. The molecule has 0 radical (unpaired) electrons. The molecule has 1 saturated heterocycles. The Balaban J connectivity index is 1.93. The zero-order valence-electron chi connectivity index (χ0n) is 11.5. The summed E-state index contributed by atoms with van der Waals surface area (Å²) in [5.74, 6) is 2.37. The number of fused-ring (bicyclic) bond motifs is 1. The fraction of sp³-hybridized carbons (Fsp3) is 0.692. The molecule has 0 spiro atoms. The van der Waals surface area contributed by atoms with Crippen LogP contribution in [-0.2, 0) is 6.42 Å². The lowest BCUT2D eigenvalue weighted by atomic mass is 10.1. The second-order valence-corrected chi connectivity index (χ2v) is 5.41. The van der Waals surface area contributed by atoms with Gasteiger partial charge in [-0.15, -0.1) is 0 Å². The molecule has 2 aliphatic rings. The van der Waals surface area contributed by atoms with Crippen molar-refractivity contribution in [3.05, 3.63) is 5.56 Å². The number of rotatable bonds is 1. The van der Waals surface area contributed by atoms with Gasteiger partial charge in [-0.2, -0.15) is 9.97 Å². The fourth-order valence-electron chi connectivity index (χ4n) is 2.78. The van der Waals surface area contributed by atoms with Gasteiger partial charge in [0.1, 0.15) is 11.6 Å². The van der Waals surface area contributed by atoms with Gasteiger partial charge in [-0.05, 0) is 26.3 Å². The highest BCUT2D eigenvalue weighted by atomic mass is 15.3. The average molecular weight is 262 g/mol. The molecule has 3 heterocycles. The summed E-state index contributed by atoms with van der Waals surface area (Å²) in [5, 5.41) is 3.39. The zero-order valence-corrected chi connectivity index (χ0v) is 11.5. The van der Waals surface area contributed by atoms with Crippen molar-refractivity contribution in [1.29, 1.82) is 0 Å². The summed E-state index contributed by atoms with van der Waals surface area (Å²) in [6.07, 6.45) is 3.41. The lowest BCUT2D eigenvalue weighted by Gasteiger charge is -2.34. The molecule has 19 heavy (non-hydrogen) atoms. The molecule has 0 amide bonds. The van der Waals surface area contributed by atoms with E-state index in [1.807, 2.05) is 0 Å². The number of piperazine rings is 1. The van der Waals surface area contributed by atoms with E-state index in [4.69, 9.17) is 5.73 Å². The van der Waals surface area contributed by atoms with Crippen molar-refractivity contribution in [2.24, 2.45) is 0 Å². The molecule has 0 saturated carbocycles. The van der Waals surface area contributed by atoms with Crippen LogP contribution < -0.4 is 16.0 Å². The molecular formula is C13H22N6. The summed E-state index contributed by atoms with van der Waals surface area (Å²) < 4.78 is 0. The van der Waals surface area contributed by atoms with Crippen LogP contribution in [0.15, 0.2) is 0 Å². The van der Waals surface area contributed by atoms with Gasteiger partial charge in [0.15, 0.2) is 0 Å². The number of likely N-dealkylation sites (N-methyl/N-ethyl adjacent to an activating group) is 1. The predicted molar refractivity (Wildman–Crippen MR) is 77.6 cm³/mol. The fourth-order valence-corrected chi connectivity index (χ4v) is 2.78. The second kappa shape index (κ2) is 5.21. The third-order valence-electron chi connectivity index (χ3n) is 3.95. The van der Waals surface area contributed by atoms with E-state index in [0.717, 1.165) is 50.8 Å². The molecular weight excluding hydrogens is 240 g/mol. The predicted octanol–water partition coefficient (Wildman–Crippen LogP) is 0.559. The van der Waals surface area contributed by atoms with Crippen molar-refractivity contribution in [3.8, 4) is 0 Å². The summed E-state index contributed by atoms with van der Waals surface area (Å²) in [7, 11) is 2.16. The minimum absolute atomic E-state index is 0.377. The molecule has 0 unspecified atom stereocenters. The van der Waals surface area contributed by atoms with Crippen LogP contribution in [0.5, 0.6) is 0 Å². The van der Waals surface area contributed by atoms with Gasteiger partial charge >= 0.3 is 0 Å². The Morgan fingerprint density at radius 1 is 1.11 bits per heavy atom. The van der Waals surface area contributed by atoms with Crippen molar-refractivity contribution < 1.29 is 0 Å². The van der Waals surface area contributed by atoms with Gasteiger partial charge in [0.25, 0.3) is 0 Å². The molecule has 0 atom stereocenters. The Morgan fingerprint density at radius 2 is 1.89 bits per heavy atom. The van der Waals surface area contributed by atoms with Crippen molar-refractivity contribution in [3.63, 3.8) is 0 Å². The van der Waals surface area contributed by atoms with Gasteiger partial charge in [0, 0.05) is 38.3 Å². The molecule has 6 heteroatoms. The van der Waals surface area contributed by atoms with Crippen molar-refractivity contribution in [2.75, 3.05) is 55.7 Å². The number of aromatic nitrogens is 2. The van der Waals surface area contributed by atoms with E-state index in [2.05, 4.69) is 32.1 Å². The van der Waals surface area contributed by atoms with Crippen LogP contribution in [0.4, 0.5) is 17.6 Å². The van der Waals surface area contributed by atoms with Gasteiger partial charge in [-0.25, -0.2) is 0 Å². The van der Waals surface area contributed by atoms with Crippen LogP contribution in [-0.4, -0.2) is 54.6 Å². The summed E-state index contributed by atoms with van der Waals surface area (Å²) >= 11 is 0. The van der Waals surface area contributed by atoms with Crippen molar-refractivity contribution >= 4 is 17.6 Å². The highest BCUT2D eigenvalue weighted by molar-refractivity contribution is 5.62. The van der Waals surface area contributed by atoms with Crippen molar-refractivity contribution in [2.45, 2.75) is 19.3 Å². The Kier molecular flexibility index (Phi) is 3.42. The summed E-state index contributed by atoms with van der Waals surface area (Å²) in [5.41, 5.74) is 7.11. The first kappa shape index (κ1) is 12.5. The SMILES string of the molecule is CN1CCN(c2nc(N)nc3c2CCCCN3)CC1. The molecule has 1 fully saturated rings. The Labute approximate surface area is 114 Å². The van der Waals surface area contributed by atoms with Crippen LogP contribution in [0, 0.1) is 0 Å². The standard InChI is InChI=1S/C13H22N6/c1-18-6-8-19(9-7-18)12-10-4-2-3-5-15-11(10)16-13(14)17-12/h2-9H2,1H3,(H3,14,15,16,17). The molecule has 3 rings (SSSR count). The lowest BCUT2D eigenvalue weighted by Crippen LogP contribution is -2.45. The van der Waals surface area contributed by atoms with E-state index in [0.29, 0.717) is 5.95 Å². The molecule has 1 aromatic heterocycles. The van der Waals surface area contributed by atoms with E-state index in [9.17, 15) is 0 Å². The molecule has 3 N–H and O–H groups in total. The first-order valence-corrected chi connectivity index (χ1v) is 7.08. The van der Waals surface area contributed by atoms with E-state index < -0.39 is 0 Å². The van der Waals surface area contributed by atoms with E-state index in [-0.39, 0.29) is 0 Å². The maximum Gasteiger partial charge on any atom is 0.223 e. The topological polar surface area (TPSA) is 70.3 Å². The Bertz CT molecular complexity index is 453. The van der Waals surface area contributed by atoms with E-state index in [1.54, 1.807) is 0 Å². The maximum atomic E-state index is 5.87. The average Bonchev–Trinajstić information content (AvgIpc) is 2.64. The number of hydrogen-bond donors (Lipinski definition) is 2. The molecule has 2 aliphatic heterocycles. The van der Waals surface area contributed by atoms with Gasteiger partial charge in [-0.1, -0.05) is 0 Å². The number of nitrogens with two attached hydrogens (primary N) is 1. The molecule has 0 bridgehead atoms. The number of anilines is 3. The van der Waals surface area contributed by atoms with Crippen LogP contribution in [0.1, 0.15) is 18.4 Å². The normalized spacial score (nSPS) is 20.6. The minimum Gasteiger partial charge on any atom is -0.370 e. The smallest absolute Gasteiger partial charge is 0.223 e. The first-order valence-electron chi connectivity index (χ1n) is 7.08. The zero-order chi connectivity index (χ0) is 13.2. The van der Waals surface area contributed by atoms with Crippen LogP contribution in [0.25, 0.3) is 0 Å². The van der Waals surface area contributed by atoms with Crippen LogP contribution in [0.3, 0.4) is 0 Å². The first-order chi connectivity index (χ1) is 9.24. The number of nitrogens with one attached hydrogen (secondary N) is 1. The van der Waals surface area contributed by atoms with Crippen LogP contribution in [0.2, 0.25) is 0 Å². The Hall–Kier alpha value is -1.56. The Morgan fingerprint density at radius 3 is 2.68 bits per heavy atom. The summed E-state index contributed by atoms with van der Waals surface area (Å²) in [4.78, 5) is 13.6. The quantitative estimate of drug-likeness (QED) is 0.770. The van der Waals surface area contributed by atoms with Gasteiger partial charge < -0.3 is 20.9 Å². The van der Waals surface area contributed by atoms with Gasteiger partial charge in [0.2, 0.25) is 5.95 Å². The summed E-state index contributed by atoms with van der Waals surface area (Å²) in [6.45, 7) is 5.16. The van der Waals surface area contributed by atoms with Gasteiger partial charge in [0.05, 0.1) is 0 Å². The molecule has 0 aromatic carbocycles. The number of nitrogen functional groups attached to an aromatic ring is 1. The number of hydrogen-bond acceptors (Lipinski definition) is 6. The van der Waals surface area contributed by atoms with E-state index >= 15 is 0 Å². The molecule has 1 aromatic rings. The maximum absolute atomic E-state index is 5.87. The third kappa shape index (κ3) is 2.58. The molecule has 104 valence electrons. The van der Waals surface area contributed by atoms with Crippen LogP contribution >= 0.6 is 0 Å². The second-order valence-electron chi connectivity index (χ2n) is 5.41. The minimum atomic E-state index is 0.377. The van der Waals surface area contributed by atoms with Gasteiger partial charge in [-0.3, -0.25) is 0 Å². The van der Waals surface area contributed by atoms with E-state index in [1.165, 1.54) is 18.4 Å². The largest absolute Gasteiger partial charge is 0.370 e. The molecule has 6 nitrogen and oxygen atoms in total. The molecule has 0 aliphatic carbocycles. The highest BCUT2D eigenvalue weighted by Gasteiger charge is 2.22. The lowest BCUT2D eigenvalue weighted by molar-refractivity contribution is 0.312. The monoisotopic (exact) mass is 262 g/mol. The highest BCUT2D eigenvalue weighted by Crippen LogP contribution is 2.29. The van der Waals surface area contributed by atoms with Crippen molar-refractivity contribution in [1.82, 2.24) is 14.9 Å². The summed E-state index contributed by atoms with van der Waals surface area (Å²) in [6, 6.07) is 0.